The molecule has 1 atom stereocenters. The average Bonchev–Trinajstić information content (AvgIpc) is 2.36. The first-order valence-electron chi connectivity index (χ1n) is 6.94. The molecule has 0 bridgehead atoms. The summed E-state index contributed by atoms with van der Waals surface area (Å²) in [6, 6.07) is 0. The summed E-state index contributed by atoms with van der Waals surface area (Å²) in [7, 11) is 0. The van der Waals surface area contributed by atoms with Gasteiger partial charge in [0.1, 0.15) is 0 Å². The first-order chi connectivity index (χ1) is 8.02. The first kappa shape index (κ1) is 16.2. The summed E-state index contributed by atoms with van der Waals surface area (Å²) in [6.45, 7) is 14.0. The van der Waals surface area contributed by atoms with Crippen LogP contribution in [-0.2, 0) is 4.79 Å². The Morgan fingerprint density at radius 2 is 1.94 bits per heavy atom. The van der Waals surface area contributed by atoms with Crippen molar-refractivity contribution in [3.05, 3.63) is 12.7 Å². The molecule has 0 aromatic carbocycles. The lowest BCUT2D eigenvalue weighted by Crippen LogP contribution is -2.33. The fraction of sp³-hybridized carbons (Fsp3) is 0.800. The molecule has 0 heterocycles. The van der Waals surface area contributed by atoms with Crippen LogP contribution in [0.3, 0.4) is 0 Å². The van der Waals surface area contributed by atoms with Crippen molar-refractivity contribution in [1.82, 2.24) is 4.90 Å². The SMILES string of the molecule is C=CC(=O)N(CC)CCC(C)(CC)CCCC. The molecule has 0 fully saturated rings. The van der Waals surface area contributed by atoms with Crippen LogP contribution in [-0.4, -0.2) is 23.9 Å². The highest BCUT2D eigenvalue weighted by Crippen LogP contribution is 2.32. The molecular weight excluding hydrogens is 210 g/mol. The Kier molecular flexibility index (Phi) is 7.94. The number of amides is 1. The van der Waals surface area contributed by atoms with Gasteiger partial charge in [-0.2, -0.15) is 0 Å². The van der Waals surface area contributed by atoms with Gasteiger partial charge in [-0.1, -0.05) is 46.6 Å². The molecule has 0 aliphatic rings. The van der Waals surface area contributed by atoms with E-state index in [1.165, 1.54) is 31.8 Å². The molecule has 0 saturated carbocycles. The van der Waals surface area contributed by atoms with Gasteiger partial charge in [0.05, 0.1) is 0 Å². The largest absolute Gasteiger partial charge is 0.339 e. The third-order valence-electron chi connectivity index (χ3n) is 3.84. The van der Waals surface area contributed by atoms with E-state index in [0.29, 0.717) is 5.41 Å². The molecule has 2 heteroatoms. The third kappa shape index (κ3) is 5.90. The maximum Gasteiger partial charge on any atom is 0.245 e. The summed E-state index contributed by atoms with van der Waals surface area (Å²) < 4.78 is 0. The molecular formula is C15H29NO. The zero-order valence-corrected chi connectivity index (χ0v) is 12.1. The van der Waals surface area contributed by atoms with Crippen molar-refractivity contribution in [2.45, 2.75) is 59.8 Å². The zero-order valence-electron chi connectivity index (χ0n) is 12.1. The van der Waals surface area contributed by atoms with Crippen molar-refractivity contribution >= 4 is 5.91 Å². The number of rotatable bonds is 9. The Hall–Kier alpha value is -0.790. The Labute approximate surface area is 107 Å². The maximum absolute atomic E-state index is 11.6. The quantitative estimate of drug-likeness (QED) is 0.557. The second kappa shape index (κ2) is 8.32. The van der Waals surface area contributed by atoms with E-state index in [1.54, 1.807) is 0 Å². The van der Waals surface area contributed by atoms with Gasteiger partial charge in [0, 0.05) is 13.1 Å². The molecule has 1 unspecified atom stereocenters. The topological polar surface area (TPSA) is 20.3 Å². The minimum atomic E-state index is 0.0569. The van der Waals surface area contributed by atoms with Gasteiger partial charge in [-0.3, -0.25) is 4.79 Å². The second-order valence-electron chi connectivity index (χ2n) is 5.14. The van der Waals surface area contributed by atoms with Crippen molar-refractivity contribution in [2.75, 3.05) is 13.1 Å². The number of unbranched alkanes of at least 4 members (excludes halogenated alkanes) is 1. The predicted octanol–water partition coefficient (Wildman–Crippen LogP) is 4.02. The van der Waals surface area contributed by atoms with Crippen LogP contribution in [0.1, 0.15) is 59.8 Å². The molecule has 0 radical (unpaired) electrons. The Morgan fingerprint density at radius 1 is 1.29 bits per heavy atom. The zero-order chi connectivity index (χ0) is 13.3. The van der Waals surface area contributed by atoms with Crippen LogP contribution in [0.15, 0.2) is 12.7 Å². The van der Waals surface area contributed by atoms with E-state index in [1.807, 2.05) is 11.8 Å². The average molecular weight is 239 g/mol. The van der Waals surface area contributed by atoms with Crippen molar-refractivity contribution in [3.8, 4) is 0 Å². The van der Waals surface area contributed by atoms with Crippen LogP contribution in [0.4, 0.5) is 0 Å². The molecule has 0 rings (SSSR count). The van der Waals surface area contributed by atoms with Gasteiger partial charge >= 0.3 is 0 Å². The maximum atomic E-state index is 11.6. The van der Waals surface area contributed by atoms with Crippen LogP contribution < -0.4 is 0 Å². The number of nitrogens with zero attached hydrogens (tertiary/aromatic N) is 1. The van der Waals surface area contributed by atoms with Gasteiger partial charge in [0.15, 0.2) is 0 Å². The number of carbonyl (C=O) groups is 1. The fourth-order valence-electron chi connectivity index (χ4n) is 2.04. The van der Waals surface area contributed by atoms with Crippen LogP contribution >= 0.6 is 0 Å². The molecule has 17 heavy (non-hydrogen) atoms. The number of hydrogen-bond donors (Lipinski definition) is 0. The monoisotopic (exact) mass is 239 g/mol. The minimum Gasteiger partial charge on any atom is -0.339 e. The van der Waals surface area contributed by atoms with Crippen molar-refractivity contribution < 1.29 is 4.79 Å². The van der Waals surface area contributed by atoms with Crippen molar-refractivity contribution in [2.24, 2.45) is 5.41 Å². The van der Waals surface area contributed by atoms with Gasteiger partial charge in [-0.15, -0.1) is 0 Å². The lowest BCUT2D eigenvalue weighted by Gasteiger charge is -2.31. The van der Waals surface area contributed by atoms with E-state index in [4.69, 9.17) is 0 Å². The van der Waals surface area contributed by atoms with Gasteiger partial charge < -0.3 is 4.90 Å². The highest BCUT2D eigenvalue weighted by molar-refractivity contribution is 5.86. The standard InChI is InChI=1S/C15H29NO/c1-6-10-11-15(5,8-3)12-13-16(9-4)14(17)7-2/h7H,2,6,8-13H2,1,3-5H3. The normalized spacial score (nSPS) is 14.1. The molecule has 1 amide bonds. The molecule has 0 saturated heterocycles. The number of likely N-dealkylation sites (N-methyl/N-ethyl adjacent to an activating group) is 1. The van der Waals surface area contributed by atoms with E-state index in [0.717, 1.165) is 19.5 Å². The van der Waals surface area contributed by atoms with Crippen LogP contribution in [0.2, 0.25) is 0 Å². The lowest BCUT2D eigenvalue weighted by molar-refractivity contribution is -0.126. The molecule has 0 aliphatic heterocycles. The molecule has 0 aliphatic carbocycles. The van der Waals surface area contributed by atoms with E-state index < -0.39 is 0 Å². The Morgan fingerprint density at radius 3 is 2.35 bits per heavy atom. The van der Waals surface area contributed by atoms with Crippen LogP contribution in [0.5, 0.6) is 0 Å². The van der Waals surface area contributed by atoms with Crippen molar-refractivity contribution in [3.63, 3.8) is 0 Å². The molecule has 100 valence electrons. The third-order valence-corrected chi connectivity index (χ3v) is 3.84. The second-order valence-corrected chi connectivity index (χ2v) is 5.14. The van der Waals surface area contributed by atoms with Gasteiger partial charge in [-0.05, 0) is 31.3 Å². The highest BCUT2D eigenvalue weighted by Gasteiger charge is 2.22. The predicted molar refractivity (Wildman–Crippen MR) is 75.0 cm³/mol. The summed E-state index contributed by atoms with van der Waals surface area (Å²) in [5.41, 5.74) is 0.380. The fourth-order valence-corrected chi connectivity index (χ4v) is 2.04. The highest BCUT2D eigenvalue weighted by atomic mass is 16.2. The minimum absolute atomic E-state index is 0.0569. The molecule has 2 nitrogen and oxygen atoms in total. The van der Waals surface area contributed by atoms with E-state index in [2.05, 4.69) is 27.4 Å². The van der Waals surface area contributed by atoms with Crippen LogP contribution in [0, 0.1) is 5.41 Å². The molecule has 0 aromatic rings. The summed E-state index contributed by atoms with van der Waals surface area (Å²) in [4.78, 5) is 13.5. The molecule has 0 aromatic heterocycles. The van der Waals surface area contributed by atoms with Gasteiger partial charge in [-0.25, -0.2) is 0 Å². The summed E-state index contributed by atoms with van der Waals surface area (Å²) in [6.07, 6.45) is 7.49. The number of hydrogen-bond acceptors (Lipinski definition) is 1. The smallest absolute Gasteiger partial charge is 0.245 e. The summed E-state index contributed by atoms with van der Waals surface area (Å²) in [5.74, 6) is 0.0569. The molecule has 0 N–H and O–H groups in total. The van der Waals surface area contributed by atoms with E-state index in [-0.39, 0.29) is 5.91 Å². The first-order valence-corrected chi connectivity index (χ1v) is 6.94. The van der Waals surface area contributed by atoms with Crippen molar-refractivity contribution in [1.29, 1.82) is 0 Å². The van der Waals surface area contributed by atoms with E-state index >= 15 is 0 Å². The van der Waals surface area contributed by atoms with Gasteiger partial charge in [0.2, 0.25) is 5.91 Å². The summed E-state index contributed by atoms with van der Waals surface area (Å²) in [5, 5.41) is 0. The summed E-state index contributed by atoms with van der Waals surface area (Å²) >= 11 is 0. The molecule has 0 spiro atoms. The number of carbonyl (C=O) groups excluding carboxylic acids is 1. The lowest BCUT2D eigenvalue weighted by atomic mass is 9.79. The Bertz CT molecular complexity index is 237. The van der Waals surface area contributed by atoms with Crippen LogP contribution in [0.25, 0.3) is 0 Å². The van der Waals surface area contributed by atoms with Gasteiger partial charge in [0.25, 0.3) is 0 Å². The Balaban J connectivity index is 4.27. The van der Waals surface area contributed by atoms with E-state index in [9.17, 15) is 4.79 Å².